The smallest absolute Gasteiger partial charge is 0.481 e. The summed E-state index contributed by atoms with van der Waals surface area (Å²) in [6.45, 7) is 7.03. The fourth-order valence-electron chi connectivity index (χ4n) is 7.31. The lowest BCUT2D eigenvalue weighted by Gasteiger charge is -2.28. The van der Waals surface area contributed by atoms with E-state index in [1.165, 1.54) is 0 Å². The molecule has 4 N–H and O–H groups in total. The molecule has 3 fully saturated rings. The van der Waals surface area contributed by atoms with E-state index >= 15 is 0 Å². The Kier molecular flexibility index (Phi) is 46.3. The predicted molar refractivity (Wildman–Crippen MR) is 311 cm³/mol. The van der Waals surface area contributed by atoms with Crippen LogP contribution in [0, 0.1) is 0 Å². The highest BCUT2D eigenvalue weighted by atomic mass is 35.5. The molecule has 22 nitrogen and oxygen atoms in total. The highest BCUT2D eigenvalue weighted by Crippen LogP contribution is 2.15. The van der Waals surface area contributed by atoms with Gasteiger partial charge in [0.2, 0.25) is 0 Å². The Labute approximate surface area is 495 Å². The molecule has 0 saturated carbocycles. The van der Waals surface area contributed by atoms with Gasteiger partial charge in [-0.05, 0) is 102 Å². The summed E-state index contributed by atoms with van der Waals surface area (Å²) in [6, 6.07) is 28.4. The monoisotopic (exact) mass is 1190 g/mol. The van der Waals surface area contributed by atoms with Gasteiger partial charge in [0.15, 0.2) is 0 Å². The summed E-state index contributed by atoms with van der Waals surface area (Å²) < 4.78 is 39.8. The molecule has 3 heterocycles. The molecular weight excluding hydrogens is 1100 g/mol. The number of carbonyl (C=O) groups is 7. The highest BCUT2D eigenvalue weighted by molar-refractivity contribution is 6.61. The Hall–Kier alpha value is -6.40. The molecule has 23 heteroatoms. The number of rotatable bonds is 23. The quantitative estimate of drug-likeness (QED) is 0.0299. The van der Waals surface area contributed by atoms with Crippen molar-refractivity contribution >= 4 is 53.2 Å². The van der Waals surface area contributed by atoms with Gasteiger partial charge in [0.05, 0.1) is 25.9 Å². The van der Waals surface area contributed by atoms with E-state index in [-0.39, 0.29) is 109 Å². The van der Waals surface area contributed by atoms with E-state index in [1.807, 2.05) is 105 Å². The topological polar surface area (TPSA) is 284 Å². The first kappa shape index (κ1) is 76.6. The second kappa shape index (κ2) is 50.1. The van der Waals surface area contributed by atoms with Crippen LogP contribution >= 0.6 is 11.6 Å². The third-order valence-corrected chi connectivity index (χ3v) is 12.2. The van der Waals surface area contributed by atoms with E-state index in [9.17, 15) is 33.6 Å². The molecule has 468 valence electrons. The van der Waals surface area contributed by atoms with Gasteiger partial charge in [-0.3, -0.25) is 19.2 Å². The van der Waals surface area contributed by atoms with Gasteiger partial charge < -0.3 is 73.0 Å². The lowest BCUT2D eigenvalue weighted by atomic mass is 10.1. The molecule has 3 aliphatic heterocycles. The summed E-state index contributed by atoms with van der Waals surface area (Å²) in [5.74, 6) is -1.77. The molecule has 0 bridgehead atoms. The normalized spacial score (nSPS) is 14.4. The second-order valence-corrected chi connectivity index (χ2v) is 19.3. The minimum Gasteiger partial charge on any atom is -0.481 e. The standard InChI is InChI=1S/C18H25NO5.C12H13ClO4.C11H19NO5.C11H14O3.C6H13NO.CH4O.CH4/c1-19-11-9-16(10-12-19)24-18(21)22-13-5-8-17(20)23-14-15-6-3-2-4-7-15;13-12(15)16-8-4-7-11(14)17-9-10-5-2-1-3-6-10;1-12-6-4-9(5-7-12)17-11(15)16-8-2-3-10(13)14;12-8-4-7-11(13)14-9-10-5-2-1-3-6-10;1-7-4-2-6(8)3-5-7;1-2;/h2-4,6-7,16H,5,8-14H2,1H3;1-3,5-6H,4,7-9H2;9H,2-8H2,1H3,(H,13,14);1-3,5-6,12H,4,7-9H2;6,8H,2-5H2,1H3;2H,1H3;1H4. The average molecular weight is 1190 g/mol. The van der Waals surface area contributed by atoms with Crippen LogP contribution in [-0.2, 0) is 76.9 Å². The lowest BCUT2D eigenvalue weighted by Crippen LogP contribution is -2.35. The van der Waals surface area contributed by atoms with Gasteiger partial charge in [0, 0.05) is 90.3 Å². The van der Waals surface area contributed by atoms with E-state index in [0.717, 1.165) is 102 Å². The zero-order chi connectivity index (χ0) is 60.6. The SMILES string of the molecule is C.CN1CCC(O)CC1.CN1CCC(OC(=O)OCCCC(=O)O)CC1.CN1CCC(OC(=O)OCCCC(=O)OCc2ccccc2)CC1.CO.O=C(CCCO)OCc1ccccc1.O=C(Cl)OCCCC(=O)OCc1ccccc1. The Morgan fingerprint density at radius 3 is 1.07 bits per heavy atom. The van der Waals surface area contributed by atoms with E-state index in [0.29, 0.717) is 32.3 Å². The number of aliphatic hydroxyl groups excluding tert-OH is 3. The molecule has 0 radical (unpaired) electrons. The average Bonchev–Trinajstić information content (AvgIpc) is 3.48. The van der Waals surface area contributed by atoms with Gasteiger partial charge in [0.25, 0.3) is 0 Å². The first-order chi connectivity index (χ1) is 39.5. The van der Waals surface area contributed by atoms with Crippen LogP contribution in [0.1, 0.15) is 114 Å². The van der Waals surface area contributed by atoms with Crippen molar-refractivity contribution in [1.82, 2.24) is 14.7 Å². The number of halogens is 1. The molecule has 0 amide bonds. The van der Waals surface area contributed by atoms with Crippen molar-refractivity contribution in [1.29, 1.82) is 0 Å². The highest BCUT2D eigenvalue weighted by Gasteiger charge is 2.22. The number of aliphatic carboxylic acids is 1. The van der Waals surface area contributed by atoms with Crippen LogP contribution in [0.25, 0.3) is 0 Å². The van der Waals surface area contributed by atoms with Crippen LogP contribution < -0.4 is 0 Å². The maximum Gasteiger partial charge on any atom is 0.508 e. The van der Waals surface area contributed by atoms with Crippen LogP contribution in [0.5, 0.6) is 0 Å². The van der Waals surface area contributed by atoms with Gasteiger partial charge in [-0.25, -0.2) is 14.4 Å². The molecule has 3 aromatic rings. The lowest BCUT2D eigenvalue weighted by molar-refractivity contribution is -0.146. The van der Waals surface area contributed by atoms with Crippen LogP contribution in [0.4, 0.5) is 14.4 Å². The number of benzene rings is 3. The van der Waals surface area contributed by atoms with Crippen LogP contribution in [0.3, 0.4) is 0 Å². The first-order valence-corrected chi connectivity index (χ1v) is 28.0. The van der Waals surface area contributed by atoms with Gasteiger partial charge in [-0.2, -0.15) is 0 Å². The fraction of sp³-hybridized carbons (Fsp3) is 0.583. The van der Waals surface area contributed by atoms with Crippen molar-refractivity contribution in [2.24, 2.45) is 0 Å². The second-order valence-electron chi connectivity index (χ2n) is 19.0. The first-order valence-electron chi connectivity index (χ1n) is 27.6. The van der Waals surface area contributed by atoms with Crippen molar-refractivity contribution in [3.05, 3.63) is 108 Å². The van der Waals surface area contributed by atoms with Gasteiger partial charge in [-0.15, -0.1) is 0 Å². The molecule has 6 rings (SSSR count). The van der Waals surface area contributed by atoms with Crippen molar-refractivity contribution in [2.75, 3.05) is 93.9 Å². The number of aliphatic hydroxyl groups is 3. The van der Waals surface area contributed by atoms with E-state index in [2.05, 4.69) is 26.5 Å². The van der Waals surface area contributed by atoms with Crippen molar-refractivity contribution in [3.63, 3.8) is 0 Å². The number of nitrogens with zero attached hydrogens (tertiary/aromatic N) is 3. The Morgan fingerprint density at radius 2 is 0.771 bits per heavy atom. The van der Waals surface area contributed by atoms with E-state index < -0.39 is 23.7 Å². The number of carboxylic acids is 1. The minimum absolute atomic E-state index is 0. The molecule has 3 aliphatic rings. The Balaban J connectivity index is 0.00000103. The third kappa shape index (κ3) is 44.8. The molecule has 3 aromatic carbocycles. The van der Waals surface area contributed by atoms with Gasteiger partial charge in [0.1, 0.15) is 32.0 Å². The summed E-state index contributed by atoms with van der Waals surface area (Å²) in [4.78, 5) is 83.8. The molecule has 3 saturated heterocycles. The van der Waals surface area contributed by atoms with E-state index in [1.54, 1.807) is 0 Å². The minimum atomic E-state index is -0.891. The molecule has 83 heavy (non-hydrogen) atoms. The molecule has 0 aromatic heterocycles. The number of hydrogen-bond donors (Lipinski definition) is 4. The zero-order valence-corrected chi connectivity index (χ0v) is 48.9. The van der Waals surface area contributed by atoms with Crippen molar-refractivity contribution in [2.45, 2.75) is 135 Å². The largest absolute Gasteiger partial charge is 0.508 e. The van der Waals surface area contributed by atoms with Crippen molar-refractivity contribution in [3.8, 4) is 0 Å². The zero-order valence-electron chi connectivity index (χ0n) is 48.1. The number of ether oxygens (including phenoxy) is 8. The molecule has 0 aliphatic carbocycles. The number of piperidine rings is 3. The van der Waals surface area contributed by atoms with Gasteiger partial charge in [-0.1, -0.05) is 98.4 Å². The van der Waals surface area contributed by atoms with Gasteiger partial charge >= 0.3 is 41.6 Å². The maximum atomic E-state index is 11.6. The van der Waals surface area contributed by atoms with Crippen molar-refractivity contribution < 1.29 is 91.9 Å². The number of carbonyl (C=O) groups excluding carboxylic acids is 6. The van der Waals surface area contributed by atoms with Crippen LogP contribution in [0.2, 0.25) is 0 Å². The Bertz CT molecular complexity index is 2130. The number of esters is 3. The summed E-state index contributed by atoms with van der Waals surface area (Å²) in [6.07, 6.45) is 6.04. The van der Waals surface area contributed by atoms with Crippen LogP contribution in [-0.4, -0.2) is 189 Å². The molecular formula is C60H92ClN3O19. The maximum absolute atomic E-state index is 11.6. The summed E-state index contributed by atoms with van der Waals surface area (Å²) in [5, 5.41) is 32.9. The summed E-state index contributed by atoms with van der Waals surface area (Å²) >= 11 is 4.96. The Morgan fingerprint density at radius 1 is 0.470 bits per heavy atom. The predicted octanol–water partition coefficient (Wildman–Crippen LogP) is 8.56. The number of likely N-dealkylation sites (tertiary alicyclic amines) is 3. The molecule has 0 atom stereocenters. The summed E-state index contributed by atoms with van der Waals surface area (Å²) in [7, 11) is 7.16. The van der Waals surface area contributed by atoms with Crippen LogP contribution in [0.15, 0.2) is 91.0 Å². The molecule has 0 spiro atoms. The molecule has 0 unspecified atom stereocenters. The summed E-state index contributed by atoms with van der Waals surface area (Å²) in [5.41, 5.74) is 2.00. The third-order valence-electron chi connectivity index (χ3n) is 12.1. The number of hydrogen-bond acceptors (Lipinski definition) is 21. The number of carboxylic acid groups (broad SMARTS) is 1. The van der Waals surface area contributed by atoms with E-state index in [4.69, 9.17) is 65.2 Å². The fourth-order valence-corrected chi connectivity index (χ4v) is 7.39.